The van der Waals surface area contributed by atoms with Crippen molar-refractivity contribution in [2.75, 3.05) is 19.0 Å². The summed E-state index contributed by atoms with van der Waals surface area (Å²) in [4.78, 5) is 14.1. The molecule has 2 aromatic carbocycles. The second-order valence-electron chi connectivity index (χ2n) is 5.16. The van der Waals surface area contributed by atoms with Crippen LogP contribution in [-0.2, 0) is 14.6 Å². The fraction of sp³-hybridized carbons (Fsp3) is 0.167. The summed E-state index contributed by atoms with van der Waals surface area (Å²) < 4.78 is 6.04. The monoisotopic (exact) mass is 326 g/mol. The number of para-hydroxylation sites is 1. The van der Waals surface area contributed by atoms with Gasteiger partial charge in [-0.25, -0.2) is 0 Å². The first-order chi connectivity index (χ1) is 11.2. The van der Waals surface area contributed by atoms with Crippen molar-refractivity contribution in [3.8, 4) is 0 Å². The van der Waals surface area contributed by atoms with E-state index >= 15 is 0 Å². The molecule has 0 bridgehead atoms. The molecule has 1 aliphatic rings. The van der Waals surface area contributed by atoms with Crippen molar-refractivity contribution in [2.45, 2.75) is 5.06 Å². The highest BCUT2D eigenvalue weighted by Crippen LogP contribution is 2.45. The maximum Gasteiger partial charge on any atom is 0.250 e. The number of nitrogens with zero attached hydrogens (tertiary/aromatic N) is 1. The molecule has 23 heavy (non-hydrogen) atoms. The van der Waals surface area contributed by atoms with E-state index in [1.165, 1.54) is 0 Å². The van der Waals surface area contributed by atoms with Crippen molar-refractivity contribution in [2.24, 2.45) is 0 Å². The predicted octanol–water partition coefficient (Wildman–Crippen LogP) is 3.60. The molecule has 0 saturated carbocycles. The Morgan fingerprint density at radius 3 is 2.39 bits per heavy atom. The number of anilines is 1. The minimum Gasteiger partial charge on any atom is -0.340 e. The summed E-state index contributed by atoms with van der Waals surface area (Å²) in [5, 5.41) is 4.11. The number of nitrogens with one attached hydrogen (secondary N) is 1. The third kappa shape index (κ3) is 3.41. The lowest BCUT2D eigenvalue weighted by atomic mass is 10.2. The van der Waals surface area contributed by atoms with E-state index in [1.54, 1.807) is 11.8 Å². The normalized spacial score (nSPS) is 19.8. The number of thioether (sulfide) groups is 1. The zero-order valence-electron chi connectivity index (χ0n) is 12.8. The van der Waals surface area contributed by atoms with E-state index in [2.05, 4.69) is 5.32 Å². The molecule has 0 saturated heterocycles. The average Bonchev–Trinajstić information content (AvgIpc) is 2.97. The summed E-state index contributed by atoms with van der Waals surface area (Å²) in [5.74, 6) is -0.174. The van der Waals surface area contributed by atoms with Gasteiger partial charge in [0.2, 0.25) is 5.06 Å². The third-order valence-electron chi connectivity index (χ3n) is 3.57. The molecule has 0 spiro atoms. The van der Waals surface area contributed by atoms with Gasteiger partial charge in [-0.05, 0) is 17.5 Å². The van der Waals surface area contributed by atoms with Crippen LogP contribution in [0.3, 0.4) is 0 Å². The summed E-state index contributed by atoms with van der Waals surface area (Å²) in [7, 11) is 1.94. The average molecular weight is 326 g/mol. The van der Waals surface area contributed by atoms with Gasteiger partial charge >= 0.3 is 0 Å². The van der Waals surface area contributed by atoms with Crippen LogP contribution < -0.4 is 5.32 Å². The van der Waals surface area contributed by atoms with E-state index in [-0.39, 0.29) is 12.5 Å². The quantitative estimate of drug-likeness (QED) is 0.911. The molecule has 2 aromatic rings. The predicted molar refractivity (Wildman–Crippen MR) is 93.6 cm³/mol. The van der Waals surface area contributed by atoms with E-state index in [4.69, 9.17) is 4.74 Å². The molecule has 1 heterocycles. The SMILES string of the molecule is CN1C=CSC1(OCC(=O)Nc1ccccc1)c1ccccc1. The smallest absolute Gasteiger partial charge is 0.250 e. The molecule has 1 aliphatic heterocycles. The summed E-state index contributed by atoms with van der Waals surface area (Å²) in [6.07, 6.45) is 1.95. The summed E-state index contributed by atoms with van der Waals surface area (Å²) in [5.41, 5.74) is 1.77. The molecule has 118 valence electrons. The van der Waals surface area contributed by atoms with Crippen LogP contribution in [0.25, 0.3) is 0 Å². The Morgan fingerprint density at radius 1 is 1.13 bits per heavy atom. The van der Waals surface area contributed by atoms with Crippen LogP contribution in [0.15, 0.2) is 72.3 Å². The fourth-order valence-corrected chi connectivity index (χ4v) is 3.47. The van der Waals surface area contributed by atoms with Gasteiger partial charge in [-0.3, -0.25) is 4.79 Å². The highest BCUT2D eigenvalue weighted by molar-refractivity contribution is 8.03. The maximum atomic E-state index is 12.2. The van der Waals surface area contributed by atoms with Gasteiger partial charge in [0.05, 0.1) is 0 Å². The Labute approximate surface area is 140 Å². The molecule has 4 nitrogen and oxygen atoms in total. The first-order valence-electron chi connectivity index (χ1n) is 7.32. The number of benzene rings is 2. The van der Waals surface area contributed by atoms with Gasteiger partial charge < -0.3 is 15.0 Å². The van der Waals surface area contributed by atoms with Gasteiger partial charge in [0, 0.05) is 24.5 Å². The molecule has 0 aliphatic carbocycles. The van der Waals surface area contributed by atoms with Gasteiger partial charge in [-0.1, -0.05) is 60.3 Å². The molecule has 1 N–H and O–H groups in total. The van der Waals surface area contributed by atoms with Crippen molar-refractivity contribution < 1.29 is 9.53 Å². The summed E-state index contributed by atoms with van der Waals surface area (Å²) >= 11 is 1.54. The van der Waals surface area contributed by atoms with E-state index in [1.807, 2.05) is 84.2 Å². The van der Waals surface area contributed by atoms with E-state index < -0.39 is 5.06 Å². The van der Waals surface area contributed by atoms with Crippen LogP contribution in [0.2, 0.25) is 0 Å². The van der Waals surface area contributed by atoms with Crippen molar-refractivity contribution in [3.05, 3.63) is 77.8 Å². The number of ether oxygens (including phenoxy) is 1. The number of hydrogen-bond donors (Lipinski definition) is 1. The van der Waals surface area contributed by atoms with Gasteiger partial charge in [-0.15, -0.1) is 0 Å². The molecule has 0 fully saturated rings. The molecule has 1 amide bonds. The fourth-order valence-electron chi connectivity index (χ4n) is 2.42. The largest absolute Gasteiger partial charge is 0.340 e. The van der Waals surface area contributed by atoms with Crippen molar-refractivity contribution in [1.82, 2.24) is 4.90 Å². The number of rotatable bonds is 5. The molecular weight excluding hydrogens is 308 g/mol. The first kappa shape index (κ1) is 15.6. The van der Waals surface area contributed by atoms with Gasteiger partial charge in [-0.2, -0.15) is 0 Å². The van der Waals surface area contributed by atoms with Crippen molar-refractivity contribution in [3.63, 3.8) is 0 Å². The van der Waals surface area contributed by atoms with Gasteiger partial charge in [0.25, 0.3) is 5.91 Å². The Morgan fingerprint density at radius 2 is 1.78 bits per heavy atom. The Kier molecular flexibility index (Phi) is 4.69. The van der Waals surface area contributed by atoms with E-state index in [0.717, 1.165) is 11.3 Å². The molecular formula is C18H18N2O2S. The number of carbonyl (C=O) groups excluding carboxylic acids is 1. The Balaban J connectivity index is 1.70. The van der Waals surface area contributed by atoms with Crippen LogP contribution in [0, 0.1) is 0 Å². The lowest BCUT2D eigenvalue weighted by Crippen LogP contribution is -2.39. The lowest BCUT2D eigenvalue weighted by Gasteiger charge is -2.36. The molecule has 0 aromatic heterocycles. The summed E-state index contributed by atoms with van der Waals surface area (Å²) in [6.45, 7) is -0.0250. The number of carbonyl (C=O) groups is 1. The van der Waals surface area contributed by atoms with Crippen LogP contribution >= 0.6 is 11.8 Å². The highest BCUT2D eigenvalue weighted by Gasteiger charge is 2.40. The van der Waals surface area contributed by atoms with Crippen molar-refractivity contribution >= 4 is 23.4 Å². The topological polar surface area (TPSA) is 41.6 Å². The van der Waals surface area contributed by atoms with Crippen LogP contribution in [0.4, 0.5) is 5.69 Å². The van der Waals surface area contributed by atoms with Crippen LogP contribution in [0.5, 0.6) is 0 Å². The minimum atomic E-state index is -0.699. The second-order valence-corrected chi connectivity index (χ2v) is 6.23. The molecule has 3 rings (SSSR count). The third-order valence-corrected chi connectivity index (χ3v) is 4.79. The minimum absolute atomic E-state index is 0.0250. The zero-order chi connectivity index (χ0) is 16.1. The van der Waals surface area contributed by atoms with Crippen molar-refractivity contribution in [1.29, 1.82) is 0 Å². The number of hydrogen-bond acceptors (Lipinski definition) is 4. The van der Waals surface area contributed by atoms with Gasteiger partial charge in [0.15, 0.2) is 0 Å². The van der Waals surface area contributed by atoms with E-state index in [9.17, 15) is 4.79 Å². The number of amides is 1. The molecule has 1 atom stereocenters. The second kappa shape index (κ2) is 6.89. The van der Waals surface area contributed by atoms with Crippen LogP contribution in [-0.4, -0.2) is 24.5 Å². The molecule has 1 unspecified atom stereocenters. The van der Waals surface area contributed by atoms with E-state index in [0.29, 0.717) is 0 Å². The van der Waals surface area contributed by atoms with Crippen LogP contribution in [0.1, 0.15) is 5.56 Å². The Hall–Kier alpha value is -2.24. The first-order valence-corrected chi connectivity index (χ1v) is 8.20. The summed E-state index contributed by atoms with van der Waals surface area (Å²) in [6, 6.07) is 19.3. The maximum absolute atomic E-state index is 12.2. The molecule has 0 radical (unpaired) electrons. The standard InChI is InChI=1S/C18H18N2O2S/c1-20-12-13-23-18(20,15-8-4-2-5-9-15)22-14-17(21)19-16-10-6-3-7-11-16/h2-13H,14H2,1H3,(H,19,21). The zero-order valence-corrected chi connectivity index (χ0v) is 13.6. The molecule has 5 heteroatoms. The highest BCUT2D eigenvalue weighted by atomic mass is 32.2. The Bertz CT molecular complexity index is 691. The lowest BCUT2D eigenvalue weighted by molar-refractivity contribution is -0.129. The van der Waals surface area contributed by atoms with Gasteiger partial charge in [0.1, 0.15) is 6.61 Å².